The summed E-state index contributed by atoms with van der Waals surface area (Å²) in [5.74, 6) is 0.858. The van der Waals surface area contributed by atoms with Gasteiger partial charge in [-0.25, -0.2) is 4.98 Å². The molecule has 0 aliphatic carbocycles. The molecule has 0 radical (unpaired) electrons. The van der Waals surface area contributed by atoms with Crippen LogP contribution in [0, 0.1) is 11.8 Å². The van der Waals surface area contributed by atoms with Gasteiger partial charge >= 0.3 is 0 Å². The second-order valence-electron chi connectivity index (χ2n) is 5.47. The molecule has 3 heterocycles. The van der Waals surface area contributed by atoms with Gasteiger partial charge < -0.3 is 10.5 Å². The van der Waals surface area contributed by atoms with Crippen LogP contribution < -0.4 is 11.3 Å². The number of imidazole rings is 1. The Labute approximate surface area is 116 Å². The number of nitrogens with two attached hydrogens (primary N) is 1. The van der Waals surface area contributed by atoms with Crippen LogP contribution in [0.3, 0.4) is 0 Å². The molecule has 0 saturated carbocycles. The smallest absolute Gasteiger partial charge is 0.280 e. The third-order valence-corrected chi connectivity index (χ3v) is 4.31. The van der Waals surface area contributed by atoms with Crippen molar-refractivity contribution in [2.24, 2.45) is 11.8 Å². The Morgan fingerprint density at radius 1 is 1.45 bits per heavy atom. The van der Waals surface area contributed by atoms with Crippen molar-refractivity contribution in [3.05, 3.63) is 16.7 Å². The number of fused-ring (bicyclic) bond motifs is 1. The first-order chi connectivity index (χ1) is 9.52. The molecule has 4 atom stereocenters. The first kappa shape index (κ1) is 13.1. The third-order valence-electron chi connectivity index (χ3n) is 4.31. The standard InChI is InChI=1S/C13H19N5O2/c1-4-8-6(2)7(3)12(20-8)18-5-15-9-10(18)16-13(14)17-11(9)19/h5-8,12H,4H2,1-3H3,(H3,14,16,17,19)/t6-,7?,8-,12-/m1/s1. The lowest BCUT2D eigenvalue weighted by Crippen LogP contribution is -2.17. The maximum atomic E-state index is 11.8. The lowest BCUT2D eigenvalue weighted by Gasteiger charge is -2.17. The van der Waals surface area contributed by atoms with Crippen molar-refractivity contribution in [2.45, 2.75) is 39.5 Å². The molecule has 7 heteroatoms. The van der Waals surface area contributed by atoms with Crippen molar-refractivity contribution in [1.82, 2.24) is 19.5 Å². The lowest BCUT2D eigenvalue weighted by atomic mass is 9.91. The molecule has 0 bridgehead atoms. The first-order valence-corrected chi connectivity index (χ1v) is 6.90. The molecule has 20 heavy (non-hydrogen) atoms. The number of nitrogen functional groups attached to an aromatic ring is 1. The van der Waals surface area contributed by atoms with Gasteiger partial charge in [0.1, 0.15) is 6.23 Å². The molecule has 1 unspecified atom stereocenters. The topological polar surface area (TPSA) is 98.8 Å². The highest BCUT2D eigenvalue weighted by Crippen LogP contribution is 2.40. The van der Waals surface area contributed by atoms with E-state index in [1.54, 1.807) is 6.33 Å². The molecule has 1 aliphatic rings. The minimum atomic E-state index is -0.322. The van der Waals surface area contributed by atoms with E-state index in [1.165, 1.54) is 0 Å². The molecule has 1 aliphatic heterocycles. The molecule has 2 aromatic rings. The van der Waals surface area contributed by atoms with Crippen LogP contribution in [-0.4, -0.2) is 25.6 Å². The van der Waals surface area contributed by atoms with Crippen molar-refractivity contribution in [3.63, 3.8) is 0 Å². The van der Waals surface area contributed by atoms with E-state index in [9.17, 15) is 4.79 Å². The summed E-state index contributed by atoms with van der Waals surface area (Å²) in [5, 5.41) is 0. The van der Waals surface area contributed by atoms with Crippen LogP contribution in [0.1, 0.15) is 33.4 Å². The minimum absolute atomic E-state index is 0.0926. The van der Waals surface area contributed by atoms with Crippen LogP contribution in [0.15, 0.2) is 11.1 Å². The summed E-state index contributed by atoms with van der Waals surface area (Å²) in [7, 11) is 0. The molecule has 0 aromatic carbocycles. The van der Waals surface area contributed by atoms with Gasteiger partial charge in [-0.2, -0.15) is 4.98 Å². The fraction of sp³-hybridized carbons (Fsp3) is 0.615. The summed E-state index contributed by atoms with van der Waals surface area (Å²) in [5.41, 5.74) is 6.07. The third kappa shape index (κ3) is 1.81. The molecule has 1 fully saturated rings. The predicted octanol–water partition coefficient (Wildman–Crippen LogP) is 1.28. The number of ether oxygens (including phenoxy) is 1. The van der Waals surface area contributed by atoms with Gasteiger partial charge in [0, 0.05) is 5.92 Å². The van der Waals surface area contributed by atoms with E-state index >= 15 is 0 Å². The average Bonchev–Trinajstić information content (AvgIpc) is 2.93. The summed E-state index contributed by atoms with van der Waals surface area (Å²) >= 11 is 0. The second kappa shape index (κ2) is 4.59. The maximum Gasteiger partial charge on any atom is 0.280 e. The summed E-state index contributed by atoms with van der Waals surface area (Å²) in [6.07, 6.45) is 2.63. The molecule has 3 rings (SSSR count). The highest BCUT2D eigenvalue weighted by atomic mass is 16.5. The maximum absolute atomic E-state index is 11.8. The summed E-state index contributed by atoms with van der Waals surface area (Å²) in [6, 6.07) is 0. The zero-order valence-electron chi connectivity index (χ0n) is 11.8. The first-order valence-electron chi connectivity index (χ1n) is 6.90. The highest BCUT2D eigenvalue weighted by molar-refractivity contribution is 5.70. The van der Waals surface area contributed by atoms with Crippen LogP contribution in [-0.2, 0) is 4.74 Å². The van der Waals surface area contributed by atoms with Crippen molar-refractivity contribution < 1.29 is 4.74 Å². The molecular formula is C13H19N5O2. The normalized spacial score (nSPS) is 30.1. The number of anilines is 1. The van der Waals surface area contributed by atoms with Crippen molar-refractivity contribution in [3.8, 4) is 0 Å². The van der Waals surface area contributed by atoms with Crippen LogP contribution in [0.5, 0.6) is 0 Å². The van der Waals surface area contributed by atoms with Gasteiger partial charge in [-0.05, 0) is 12.3 Å². The summed E-state index contributed by atoms with van der Waals surface area (Å²) < 4.78 is 7.91. The summed E-state index contributed by atoms with van der Waals surface area (Å²) in [4.78, 5) is 22.6. The van der Waals surface area contributed by atoms with E-state index in [-0.39, 0.29) is 23.8 Å². The number of hydrogen-bond acceptors (Lipinski definition) is 5. The van der Waals surface area contributed by atoms with Crippen molar-refractivity contribution >= 4 is 17.1 Å². The fourth-order valence-electron chi connectivity index (χ4n) is 2.94. The SMILES string of the molecule is CC[C@H]1O[C@@H](n2cnc3c(=O)[nH]c(N)nc32)C(C)[C@H]1C. The van der Waals surface area contributed by atoms with E-state index in [0.717, 1.165) is 6.42 Å². The van der Waals surface area contributed by atoms with Crippen LogP contribution in [0.2, 0.25) is 0 Å². The number of hydrogen-bond donors (Lipinski definition) is 2. The van der Waals surface area contributed by atoms with Gasteiger partial charge in [0.25, 0.3) is 5.56 Å². The number of nitrogens with zero attached hydrogens (tertiary/aromatic N) is 3. The predicted molar refractivity (Wildman–Crippen MR) is 75.1 cm³/mol. The molecule has 3 N–H and O–H groups in total. The van der Waals surface area contributed by atoms with Crippen LogP contribution in [0.25, 0.3) is 11.2 Å². The van der Waals surface area contributed by atoms with E-state index in [0.29, 0.717) is 23.0 Å². The molecule has 0 spiro atoms. The van der Waals surface area contributed by atoms with Gasteiger partial charge in [-0.15, -0.1) is 0 Å². The Kier molecular flexibility index (Phi) is 3.01. The van der Waals surface area contributed by atoms with E-state index in [1.807, 2.05) is 4.57 Å². The van der Waals surface area contributed by atoms with E-state index in [2.05, 4.69) is 35.7 Å². The van der Waals surface area contributed by atoms with Gasteiger partial charge in [-0.1, -0.05) is 20.8 Å². The Morgan fingerprint density at radius 2 is 2.20 bits per heavy atom. The Hall–Kier alpha value is -1.89. The van der Waals surface area contributed by atoms with Crippen molar-refractivity contribution in [2.75, 3.05) is 5.73 Å². The van der Waals surface area contributed by atoms with Gasteiger partial charge in [0.15, 0.2) is 11.2 Å². The molecular weight excluding hydrogens is 258 g/mol. The molecule has 0 amide bonds. The zero-order chi connectivity index (χ0) is 14.4. The minimum Gasteiger partial charge on any atom is -0.369 e. The van der Waals surface area contributed by atoms with Gasteiger partial charge in [-0.3, -0.25) is 14.3 Å². The van der Waals surface area contributed by atoms with Crippen LogP contribution >= 0.6 is 0 Å². The quantitative estimate of drug-likeness (QED) is 0.861. The largest absolute Gasteiger partial charge is 0.369 e. The van der Waals surface area contributed by atoms with Crippen molar-refractivity contribution in [1.29, 1.82) is 0 Å². The average molecular weight is 277 g/mol. The van der Waals surface area contributed by atoms with E-state index in [4.69, 9.17) is 10.5 Å². The fourth-order valence-corrected chi connectivity index (χ4v) is 2.94. The number of aromatic nitrogens is 4. The number of nitrogens with one attached hydrogen (secondary N) is 1. The number of aromatic amines is 1. The zero-order valence-corrected chi connectivity index (χ0v) is 11.8. The number of H-pyrrole nitrogens is 1. The summed E-state index contributed by atoms with van der Waals surface area (Å²) in [6.45, 7) is 6.45. The highest BCUT2D eigenvalue weighted by Gasteiger charge is 2.39. The molecule has 7 nitrogen and oxygen atoms in total. The second-order valence-corrected chi connectivity index (χ2v) is 5.47. The monoisotopic (exact) mass is 277 g/mol. The molecule has 2 aromatic heterocycles. The molecule has 1 saturated heterocycles. The Morgan fingerprint density at radius 3 is 2.85 bits per heavy atom. The Bertz CT molecular complexity index is 692. The lowest BCUT2D eigenvalue weighted by molar-refractivity contribution is -0.0120. The number of rotatable bonds is 2. The van der Waals surface area contributed by atoms with Crippen LogP contribution in [0.4, 0.5) is 5.95 Å². The van der Waals surface area contributed by atoms with Gasteiger partial charge in [0.05, 0.1) is 12.4 Å². The molecule has 108 valence electrons. The Balaban J connectivity index is 2.09. The van der Waals surface area contributed by atoms with Gasteiger partial charge in [0.2, 0.25) is 5.95 Å². The van der Waals surface area contributed by atoms with E-state index < -0.39 is 0 Å².